The molecule has 78 heavy (non-hydrogen) atoms. The first-order chi connectivity index (χ1) is 36.5. The Kier molecular flexibility index (Phi) is 19.1. The first-order valence-corrected chi connectivity index (χ1v) is 28.4. The van der Waals surface area contributed by atoms with Crippen molar-refractivity contribution < 1.29 is 114 Å². The van der Waals surface area contributed by atoms with Gasteiger partial charge in [0.2, 0.25) is 0 Å². The standard InChI is InChI=1S/C55H94O23/c1-10-27-35(60)38(63)42(67)48(71-27)78-46-40(65)37(62)29(21-57)73-50(46)76-34(52(5,6)70)15-11-23(2)24-17-18-53(7)31-14-12-25-26(55(31,9)32(59)19-54(24,53)8)13-16-33(51(25,3)4)75-47-44(69)41(66)45(30(22-58)74-47)77-49-43(68)39(64)36(61)28(20-56)72-49/h12,23-24,26-50,56-70H,10-11,13-22H2,1-9H3/t23-,24?,26?,27+,28-,29-,30-,31?,32-,33+,34-,35+,36-,37-,38-,39+,40+,41-,42+,43-,44-,45-,46-,47+,48-,49-,50+,53+,54-,55+/m1/s1. The van der Waals surface area contributed by atoms with Gasteiger partial charge >= 0.3 is 0 Å². The fraction of sp³-hybridized carbons (Fsp3) is 0.964. The minimum Gasteiger partial charge on any atom is -0.394 e. The lowest BCUT2D eigenvalue weighted by Crippen LogP contribution is -2.66. The third-order valence-corrected chi connectivity index (χ3v) is 21.0. The molecule has 30 atom stereocenters. The molecule has 7 fully saturated rings. The molecule has 3 unspecified atom stereocenters. The normalized spacial score (nSPS) is 51.4. The van der Waals surface area contributed by atoms with Crippen molar-refractivity contribution in [1.82, 2.24) is 0 Å². The van der Waals surface area contributed by atoms with E-state index < -0.39 is 177 Å². The summed E-state index contributed by atoms with van der Waals surface area (Å²) in [6.45, 7) is 16.0. The maximum Gasteiger partial charge on any atom is 0.187 e. The zero-order valence-corrected chi connectivity index (χ0v) is 46.6. The largest absolute Gasteiger partial charge is 0.394 e. The Morgan fingerprint density at radius 1 is 0.590 bits per heavy atom. The molecule has 0 aromatic rings. The van der Waals surface area contributed by atoms with Crippen molar-refractivity contribution in [2.24, 2.45) is 45.3 Å². The minimum absolute atomic E-state index is 0.0227. The van der Waals surface area contributed by atoms with Crippen molar-refractivity contribution >= 4 is 0 Å². The quantitative estimate of drug-likeness (QED) is 0.0714. The maximum atomic E-state index is 12.7. The van der Waals surface area contributed by atoms with Crippen LogP contribution < -0.4 is 0 Å². The van der Waals surface area contributed by atoms with E-state index in [0.717, 1.165) is 18.4 Å². The summed E-state index contributed by atoms with van der Waals surface area (Å²) >= 11 is 0. The minimum atomic E-state index is -1.80. The third kappa shape index (κ3) is 10.9. The summed E-state index contributed by atoms with van der Waals surface area (Å²) in [6.07, 6.45) is -25.2. The van der Waals surface area contributed by atoms with Gasteiger partial charge in [-0.25, -0.2) is 0 Å². The third-order valence-electron chi connectivity index (χ3n) is 21.0. The fourth-order valence-corrected chi connectivity index (χ4v) is 15.9. The van der Waals surface area contributed by atoms with Crippen molar-refractivity contribution in [2.45, 2.75) is 267 Å². The highest BCUT2D eigenvalue weighted by Crippen LogP contribution is 2.75. The zero-order valence-electron chi connectivity index (χ0n) is 46.6. The Hall–Kier alpha value is -1.18. The van der Waals surface area contributed by atoms with Gasteiger partial charge in [0.15, 0.2) is 25.2 Å². The van der Waals surface area contributed by atoms with Crippen LogP contribution in [0, 0.1) is 45.3 Å². The summed E-state index contributed by atoms with van der Waals surface area (Å²) in [4.78, 5) is 0. The summed E-state index contributed by atoms with van der Waals surface area (Å²) in [5.74, 6) is 0.305. The van der Waals surface area contributed by atoms with Crippen LogP contribution in [0.15, 0.2) is 11.6 Å². The summed E-state index contributed by atoms with van der Waals surface area (Å²) in [7, 11) is 0. The van der Waals surface area contributed by atoms with Crippen LogP contribution >= 0.6 is 0 Å². The number of aliphatic hydroxyl groups excluding tert-OH is 14. The average molecular weight is 1120 g/mol. The van der Waals surface area contributed by atoms with Gasteiger partial charge in [0.1, 0.15) is 91.6 Å². The molecular weight excluding hydrogens is 1030 g/mol. The van der Waals surface area contributed by atoms with Gasteiger partial charge in [0.25, 0.3) is 0 Å². The molecule has 0 bridgehead atoms. The van der Waals surface area contributed by atoms with Gasteiger partial charge in [0, 0.05) is 10.8 Å². The molecule has 4 heterocycles. The molecule has 23 nitrogen and oxygen atoms in total. The van der Waals surface area contributed by atoms with Gasteiger partial charge in [-0.2, -0.15) is 0 Å². The number of fused-ring (bicyclic) bond motifs is 5. The summed E-state index contributed by atoms with van der Waals surface area (Å²) in [6, 6.07) is 0. The zero-order chi connectivity index (χ0) is 57.5. The maximum absolute atomic E-state index is 12.7. The van der Waals surface area contributed by atoms with Gasteiger partial charge in [-0.05, 0) is 106 Å². The lowest BCUT2D eigenvalue weighted by molar-refractivity contribution is -0.374. The van der Waals surface area contributed by atoms with Crippen molar-refractivity contribution in [3.8, 4) is 0 Å². The van der Waals surface area contributed by atoms with E-state index in [2.05, 4.69) is 47.6 Å². The Morgan fingerprint density at radius 2 is 1.09 bits per heavy atom. The van der Waals surface area contributed by atoms with Gasteiger partial charge in [-0.1, -0.05) is 60.1 Å². The number of hydrogen-bond acceptors (Lipinski definition) is 23. The topological polar surface area (TPSA) is 377 Å². The van der Waals surface area contributed by atoms with Crippen molar-refractivity contribution in [3.63, 3.8) is 0 Å². The Bertz CT molecular complexity index is 2020. The van der Waals surface area contributed by atoms with Gasteiger partial charge in [-0.15, -0.1) is 0 Å². The van der Waals surface area contributed by atoms with E-state index in [1.807, 2.05) is 0 Å². The predicted octanol–water partition coefficient (Wildman–Crippen LogP) is -1.81. The molecule has 3 saturated carbocycles. The first-order valence-electron chi connectivity index (χ1n) is 28.4. The van der Waals surface area contributed by atoms with Crippen LogP contribution in [-0.2, 0) is 37.9 Å². The van der Waals surface area contributed by atoms with Crippen LogP contribution in [0.3, 0.4) is 0 Å². The number of aliphatic hydroxyl groups is 15. The molecule has 8 rings (SSSR count). The molecule has 0 aromatic heterocycles. The summed E-state index contributed by atoms with van der Waals surface area (Å²) in [5, 5.41) is 163. The van der Waals surface area contributed by atoms with Crippen LogP contribution in [-0.4, -0.2) is 243 Å². The van der Waals surface area contributed by atoms with Crippen molar-refractivity contribution in [1.29, 1.82) is 0 Å². The SMILES string of the molecule is CC[C@@H]1O[C@H](O[C@H]2[C@H](O[C@H](CC[C@@H](C)C3CC[C@@]4(C)C5CC=C6C(CC[C@H](O[C@@H]7O[C@H](CO)[C@@H](O[C@H]8O[C@H](CO)[C@@H](O)[C@H](O)[C@H]8O)[C@H](O)[C@H]7O)C6(C)C)[C@]5(C)[C@H](O)C[C@]34C)C(C)(C)O)O[C@H](CO)[C@@H](O)[C@@H]2O)[C@@H](O)[C@H](O)[C@H]1O. The van der Waals surface area contributed by atoms with Crippen LogP contribution in [0.5, 0.6) is 0 Å². The van der Waals surface area contributed by atoms with E-state index in [4.69, 9.17) is 37.9 Å². The summed E-state index contributed by atoms with van der Waals surface area (Å²) in [5.41, 5.74) is -2.02. The number of allylic oxidation sites excluding steroid dienone is 1. The van der Waals surface area contributed by atoms with E-state index in [0.29, 0.717) is 38.5 Å². The Morgan fingerprint density at radius 3 is 1.67 bits per heavy atom. The number of hydrogen-bond donors (Lipinski definition) is 15. The lowest BCUT2D eigenvalue weighted by Gasteiger charge is -2.67. The van der Waals surface area contributed by atoms with E-state index in [9.17, 15) is 76.6 Å². The molecule has 4 aliphatic carbocycles. The molecular formula is C55H94O23. The molecule has 4 aliphatic heterocycles. The average Bonchev–Trinajstić information content (AvgIpc) is 2.46. The van der Waals surface area contributed by atoms with E-state index in [-0.39, 0.29) is 40.9 Å². The second kappa shape index (κ2) is 23.7. The smallest absolute Gasteiger partial charge is 0.187 e. The molecule has 4 saturated heterocycles. The first kappa shape index (κ1) is 62.9. The summed E-state index contributed by atoms with van der Waals surface area (Å²) < 4.78 is 48.1. The van der Waals surface area contributed by atoms with Crippen LogP contribution in [0.2, 0.25) is 0 Å². The molecule has 0 aromatic carbocycles. The second-order valence-electron chi connectivity index (χ2n) is 26.1. The van der Waals surface area contributed by atoms with Gasteiger partial charge in [0.05, 0.1) is 49.8 Å². The van der Waals surface area contributed by atoms with Gasteiger partial charge < -0.3 is 114 Å². The molecule has 0 radical (unpaired) electrons. The molecule has 8 aliphatic rings. The predicted molar refractivity (Wildman–Crippen MR) is 271 cm³/mol. The molecule has 452 valence electrons. The van der Waals surface area contributed by atoms with E-state index >= 15 is 0 Å². The van der Waals surface area contributed by atoms with Crippen molar-refractivity contribution in [2.75, 3.05) is 19.8 Å². The fourth-order valence-electron chi connectivity index (χ4n) is 15.9. The Balaban J connectivity index is 0.942. The second-order valence-corrected chi connectivity index (χ2v) is 26.1. The molecule has 15 N–H and O–H groups in total. The monoisotopic (exact) mass is 1120 g/mol. The molecule has 0 spiro atoms. The highest BCUT2D eigenvalue weighted by molar-refractivity contribution is 5.32. The van der Waals surface area contributed by atoms with E-state index in [1.54, 1.807) is 20.8 Å². The van der Waals surface area contributed by atoms with Crippen LogP contribution in [0.25, 0.3) is 0 Å². The highest BCUT2D eigenvalue weighted by Gasteiger charge is 2.70. The van der Waals surface area contributed by atoms with Crippen molar-refractivity contribution in [3.05, 3.63) is 11.6 Å². The van der Waals surface area contributed by atoms with Crippen LogP contribution in [0.4, 0.5) is 0 Å². The lowest BCUT2D eigenvalue weighted by atomic mass is 9.38. The number of ether oxygens (including phenoxy) is 8. The highest BCUT2D eigenvalue weighted by atomic mass is 16.8. The van der Waals surface area contributed by atoms with Crippen LogP contribution in [0.1, 0.15) is 120 Å². The van der Waals surface area contributed by atoms with E-state index in [1.165, 1.54) is 0 Å². The molecule has 23 heteroatoms. The number of rotatable bonds is 17. The Labute approximate surface area is 457 Å². The van der Waals surface area contributed by atoms with Gasteiger partial charge in [-0.3, -0.25) is 0 Å². The molecule has 0 amide bonds.